The maximum atomic E-state index is 11.4. The molecule has 0 aliphatic heterocycles. The van der Waals surface area contributed by atoms with Gasteiger partial charge in [0.2, 0.25) is 0 Å². The normalized spacial score (nSPS) is 13.3. The number of nitrogens with one attached hydrogen (secondary N) is 2. The first-order chi connectivity index (χ1) is 19.0. The summed E-state index contributed by atoms with van der Waals surface area (Å²) in [5, 5.41) is 48.4. The van der Waals surface area contributed by atoms with Gasteiger partial charge in [-0.05, 0) is 50.6 Å². The van der Waals surface area contributed by atoms with Gasteiger partial charge >= 0.3 is 34.1 Å². The molecule has 2 radical (unpaired) electrons. The van der Waals surface area contributed by atoms with Crippen LogP contribution in [0.15, 0.2) is 80.1 Å². The van der Waals surface area contributed by atoms with Gasteiger partial charge in [0.25, 0.3) is 0 Å². The van der Waals surface area contributed by atoms with E-state index in [-0.39, 0.29) is 45.6 Å². The molecular weight excluding hydrogens is 686 g/mol. The fraction of sp³-hybridized carbons (Fsp3) is 0.286. The van der Waals surface area contributed by atoms with Crippen molar-refractivity contribution in [1.82, 2.24) is 10.6 Å². The van der Waals surface area contributed by atoms with Crippen molar-refractivity contribution in [3.05, 3.63) is 81.2 Å². The number of likely N-dealkylation sites (N-methyl/N-ethyl adjacent to an activating group) is 2. The van der Waals surface area contributed by atoms with Gasteiger partial charge in [-0.1, -0.05) is 83.2 Å². The van der Waals surface area contributed by atoms with Crippen LogP contribution in [0.5, 0.6) is 11.5 Å². The van der Waals surface area contributed by atoms with Gasteiger partial charge in [-0.2, -0.15) is 0 Å². The van der Waals surface area contributed by atoms with Gasteiger partial charge in [0, 0.05) is 24.5 Å². The number of Topliss-reactive ketones (excluding diaryl/α,β-unsaturated/α-hetero) is 2. The standard InChI is InChI=1S/2C11H16N2O.C6H2Cl2O4.2Cu/c2*1-9(13-8-7-12-2)10-5-3-4-6-11(10)14;7-1-3(9)5(11)2(8)6(12)4(1)10;;/h2*3-6,12,14H,7-8H2,1-2H3;9,12H;;/q;;;2*+2/p-4. The average molecular weight is 717 g/mol. The molecule has 2 aromatic carbocycles. The Balaban J connectivity index is 0. The van der Waals surface area contributed by atoms with Gasteiger partial charge < -0.3 is 31.1 Å². The number of rotatable bonds is 8. The first-order valence-electron chi connectivity index (χ1n) is 12.0. The predicted molar refractivity (Wildman–Crippen MR) is 150 cm³/mol. The van der Waals surface area contributed by atoms with Crippen LogP contribution >= 0.6 is 23.2 Å². The summed E-state index contributed by atoms with van der Waals surface area (Å²) in [6.45, 7) is 6.81. The van der Waals surface area contributed by atoms with E-state index in [0.717, 1.165) is 24.5 Å². The minimum absolute atomic E-state index is 0. The number of carbonyl (C=O) groups is 2. The Kier molecular flexibility index (Phi) is 21.7. The van der Waals surface area contributed by atoms with E-state index in [9.17, 15) is 30.0 Å². The van der Waals surface area contributed by atoms with Crippen LogP contribution in [0.3, 0.4) is 0 Å². The van der Waals surface area contributed by atoms with Gasteiger partial charge in [0.1, 0.15) is 0 Å². The third-order valence-electron chi connectivity index (χ3n) is 5.19. The molecule has 0 saturated carbocycles. The van der Waals surface area contributed by atoms with Crippen molar-refractivity contribution in [2.75, 3.05) is 40.3 Å². The number of ketones is 2. The molecule has 0 aromatic heterocycles. The summed E-state index contributed by atoms with van der Waals surface area (Å²) in [5.74, 6) is -4.84. The van der Waals surface area contributed by atoms with E-state index in [1.807, 2.05) is 40.1 Å². The van der Waals surface area contributed by atoms with E-state index in [2.05, 4.69) is 20.6 Å². The molecule has 2 aromatic rings. The zero-order valence-electron chi connectivity index (χ0n) is 23.2. The summed E-state index contributed by atoms with van der Waals surface area (Å²) in [4.78, 5) is 30.0. The summed E-state index contributed by atoms with van der Waals surface area (Å²) < 4.78 is 0. The number of hydrogen-bond donors (Lipinski definition) is 2. The van der Waals surface area contributed by atoms with Gasteiger partial charge in [-0.3, -0.25) is 19.6 Å². The van der Waals surface area contributed by atoms with Crippen molar-refractivity contribution < 1.29 is 64.2 Å². The Morgan fingerprint density at radius 1 is 0.667 bits per heavy atom. The van der Waals surface area contributed by atoms with E-state index in [1.165, 1.54) is 0 Å². The Morgan fingerprint density at radius 2 is 0.976 bits per heavy atom. The van der Waals surface area contributed by atoms with E-state index in [0.29, 0.717) is 24.2 Å². The van der Waals surface area contributed by atoms with Gasteiger partial charge in [0.05, 0.1) is 23.2 Å². The molecule has 1 aliphatic rings. The second-order valence-electron chi connectivity index (χ2n) is 8.08. The molecular formula is C28H30Cl2Cu2N4O6. The third kappa shape index (κ3) is 13.1. The first-order valence-corrected chi connectivity index (χ1v) is 12.8. The van der Waals surface area contributed by atoms with Crippen molar-refractivity contribution in [3.63, 3.8) is 0 Å². The molecule has 10 nitrogen and oxygen atoms in total. The van der Waals surface area contributed by atoms with Crippen LogP contribution in [-0.4, -0.2) is 63.3 Å². The van der Waals surface area contributed by atoms with Crippen LogP contribution in [0, 0.1) is 0 Å². The van der Waals surface area contributed by atoms with Crippen LogP contribution in [-0.2, 0) is 43.7 Å². The number of nitrogens with zero attached hydrogens (tertiary/aromatic N) is 2. The molecule has 14 heteroatoms. The summed E-state index contributed by atoms with van der Waals surface area (Å²) in [6.07, 6.45) is 0. The Labute approximate surface area is 276 Å². The quantitative estimate of drug-likeness (QED) is 0.170. The van der Waals surface area contributed by atoms with E-state index in [1.54, 1.807) is 36.4 Å². The van der Waals surface area contributed by atoms with Crippen LogP contribution in [0.4, 0.5) is 0 Å². The Bertz CT molecular complexity index is 1190. The summed E-state index contributed by atoms with van der Waals surface area (Å²) in [7, 11) is 3.76. The number of hydrogen-bond acceptors (Lipinski definition) is 10. The maximum Gasteiger partial charge on any atom is 2.00 e. The number of carbonyl (C=O) groups excluding carboxylic acids is 2. The molecule has 0 saturated heterocycles. The summed E-state index contributed by atoms with van der Waals surface area (Å²) >= 11 is 10.2. The molecule has 3 rings (SSSR count). The molecule has 2 N–H and O–H groups in total. The summed E-state index contributed by atoms with van der Waals surface area (Å²) in [6, 6.07) is 13.9. The van der Waals surface area contributed by atoms with Crippen molar-refractivity contribution in [1.29, 1.82) is 0 Å². The molecule has 0 fully saturated rings. The zero-order valence-corrected chi connectivity index (χ0v) is 26.5. The van der Waals surface area contributed by atoms with Crippen molar-refractivity contribution in [2.45, 2.75) is 13.8 Å². The SMILES string of the molecule is CNCCN=C(C)c1ccccc1[O-].CNCCN=C(C)c1ccccc1[O-].O=C1C([O-])=C(Cl)C(=O)C([O-])=C1Cl.[Cu+2].[Cu+2]. The second kappa shape index (κ2) is 22.0. The topological polar surface area (TPSA) is 175 Å². The van der Waals surface area contributed by atoms with Gasteiger partial charge in [0.15, 0.2) is 11.6 Å². The fourth-order valence-corrected chi connectivity index (χ4v) is 3.32. The maximum absolute atomic E-state index is 11.4. The van der Waals surface area contributed by atoms with Crippen LogP contribution < -0.4 is 31.1 Å². The van der Waals surface area contributed by atoms with Gasteiger partial charge in [-0.15, -0.1) is 0 Å². The van der Waals surface area contributed by atoms with E-state index >= 15 is 0 Å². The first kappa shape index (κ1) is 41.5. The van der Waals surface area contributed by atoms with Crippen LogP contribution in [0.25, 0.3) is 0 Å². The number of para-hydroxylation sites is 2. The molecule has 0 heterocycles. The fourth-order valence-electron chi connectivity index (χ4n) is 2.98. The number of aliphatic imine (C=N–C) groups is 2. The average Bonchev–Trinajstić information content (AvgIpc) is 2.95. The Hall–Kier alpha value is -2.66. The Morgan fingerprint density at radius 3 is 1.26 bits per heavy atom. The van der Waals surface area contributed by atoms with Crippen molar-refractivity contribution in [3.8, 4) is 11.5 Å². The largest absolute Gasteiger partial charge is 2.00 e. The molecule has 0 bridgehead atoms. The molecule has 0 unspecified atom stereocenters. The molecule has 234 valence electrons. The number of allylic oxidation sites excluding steroid dienone is 2. The smallest absolute Gasteiger partial charge is 0.872 e. The zero-order chi connectivity index (χ0) is 30.2. The third-order valence-corrected chi connectivity index (χ3v) is 5.87. The van der Waals surface area contributed by atoms with Crippen molar-refractivity contribution >= 4 is 46.2 Å². The minimum Gasteiger partial charge on any atom is -0.872 e. The number of benzene rings is 2. The summed E-state index contributed by atoms with van der Waals surface area (Å²) in [5.41, 5.74) is 3.02. The molecule has 0 spiro atoms. The van der Waals surface area contributed by atoms with Crippen molar-refractivity contribution in [2.24, 2.45) is 9.98 Å². The molecule has 0 atom stereocenters. The van der Waals surface area contributed by atoms with E-state index in [4.69, 9.17) is 23.2 Å². The van der Waals surface area contributed by atoms with Crippen LogP contribution in [0.2, 0.25) is 0 Å². The van der Waals surface area contributed by atoms with E-state index < -0.39 is 33.1 Å². The second-order valence-corrected chi connectivity index (χ2v) is 8.83. The van der Waals surface area contributed by atoms with Gasteiger partial charge in [-0.25, -0.2) is 0 Å². The molecule has 1 aliphatic carbocycles. The molecule has 0 amide bonds. The molecule has 42 heavy (non-hydrogen) atoms. The minimum atomic E-state index is -1.23. The predicted octanol–water partition coefficient (Wildman–Crippen LogP) is 0.332. The van der Waals surface area contributed by atoms with Crippen LogP contribution in [0.1, 0.15) is 25.0 Å². The number of halogens is 2. The monoisotopic (exact) mass is 714 g/mol.